The van der Waals surface area contributed by atoms with E-state index in [0.717, 1.165) is 27.9 Å². The van der Waals surface area contributed by atoms with Gasteiger partial charge in [-0.25, -0.2) is 9.97 Å². The number of aromatic nitrogens is 4. The average molecular weight is 337 g/mol. The van der Waals surface area contributed by atoms with Crippen molar-refractivity contribution in [3.05, 3.63) is 46.9 Å². The smallest absolute Gasteiger partial charge is 0.311 e. The van der Waals surface area contributed by atoms with Gasteiger partial charge in [-0.15, -0.1) is 0 Å². The number of carbonyl (C=O) groups is 1. The standard InChI is InChI=1S/C18H19N5O2/c1-9-15-16(23(3)22-9)17(20-10(2)19-15)21-14-8-13(18(24)25)11-6-4-5-7-12(11)14/h4-7,13-14H,8H2,1-3H3,(H,24,25)(H,19,20,21). The molecule has 4 rings (SSSR count). The number of anilines is 1. The third-order valence-corrected chi connectivity index (χ3v) is 4.79. The molecule has 2 N–H and O–H groups in total. The van der Waals surface area contributed by atoms with Gasteiger partial charge in [-0.05, 0) is 31.4 Å². The number of aryl methyl sites for hydroxylation is 3. The van der Waals surface area contributed by atoms with E-state index in [1.54, 1.807) is 4.68 Å². The van der Waals surface area contributed by atoms with Crippen LogP contribution in [0.2, 0.25) is 0 Å². The van der Waals surface area contributed by atoms with Crippen LogP contribution in [0.5, 0.6) is 0 Å². The highest BCUT2D eigenvalue weighted by atomic mass is 16.4. The second kappa shape index (κ2) is 5.54. The molecule has 0 fully saturated rings. The van der Waals surface area contributed by atoms with Crippen molar-refractivity contribution in [2.45, 2.75) is 32.2 Å². The van der Waals surface area contributed by atoms with Crippen LogP contribution in [0, 0.1) is 13.8 Å². The quantitative estimate of drug-likeness (QED) is 0.763. The number of nitrogens with zero attached hydrogens (tertiary/aromatic N) is 4. The summed E-state index contributed by atoms with van der Waals surface area (Å²) >= 11 is 0. The van der Waals surface area contributed by atoms with Crippen LogP contribution in [-0.2, 0) is 11.8 Å². The van der Waals surface area contributed by atoms with Gasteiger partial charge in [-0.3, -0.25) is 9.48 Å². The van der Waals surface area contributed by atoms with E-state index < -0.39 is 11.9 Å². The van der Waals surface area contributed by atoms with Crippen LogP contribution in [0.25, 0.3) is 11.0 Å². The summed E-state index contributed by atoms with van der Waals surface area (Å²) in [7, 11) is 1.86. The van der Waals surface area contributed by atoms with E-state index in [0.29, 0.717) is 18.1 Å². The van der Waals surface area contributed by atoms with Crippen molar-refractivity contribution in [2.24, 2.45) is 7.05 Å². The lowest BCUT2D eigenvalue weighted by Gasteiger charge is -2.16. The summed E-state index contributed by atoms with van der Waals surface area (Å²) in [5.41, 5.74) is 4.38. The number of fused-ring (bicyclic) bond motifs is 2. The van der Waals surface area contributed by atoms with Crippen LogP contribution in [0.4, 0.5) is 5.82 Å². The molecule has 1 aliphatic rings. The molecule has 3 aromatic rings. The number of carboxylic acids is 1. The highest BCUT2D eigenvalue weighted by Crippen LogP contribution is 2.42. The summed E-state index contributed by atoms with van der Waals surface area (Å²) < 4.78 is 1.77. The van der Waals surface area contributed by atoms with E-state index in [4.69, 9.17) is 0 Å². The van der Waals surface area contributed by atoms with Gasteiger partial charge in [0.1, 0.15) is 16.9 Å². The first-order chi connectivity index (χ1) is 12.0. The Hall–Kier alpha value is -2.96. The minimum atomic E-state index is -0.794. The maximum absolute atomic E-state index is 11.6. The van der Waals surface area contributed by atoms with Crippen molar-refractivity contribution in [1.29, 1.82) is 0 Å². The van der Waals surface area contributed by atoms with Crippen LogP contribution in [-0.4, -0.2) is 30.8 Å². The molecule has 0 spiro atoms. The summed E-state index contributed by atoms with van der Waals surface area (Å²) in [5, 5.41) is 17.4. The Labute approximate surface area is 144 Å². The molecular weight excluding hydrogens is 318 g/mol. The Morgan fingerprint density at radius 3 is 2.68 bits per heavy atom. The normalized spacial score (nSPS) is 19.2. The molecule has 0 radical (unpaired) electrons. The predicted octanol–water partition coefficient (Wildman–Crippen LogP) is 2.71. The topological polar surface area (TPSA) is 92.9 Å². The Morgan fingerprint density at radius 1 is 1.24 bits per heavy atom. The van der Waals surface area contributed by atoms with E-state index in [2.05, 4.69) is 20.4 Å². The van der Waals surface area contributed by atoms with Crippen molar-refractivity contribution < 1.29 is 9.90 Å². The fourth-order valence-corrected chi connectivity index (χ4v) is 3.72. The van der Waals surface area contributed by atoms with Crippen LogP contribution in [0.3, 0.4) is 0 Å². The van der Waals surface area contributed by atoms with Crippen molar-refractivity contribution in [2.75, 3.05) is 5.32 Å². The first-order valence-corrected chi connectivity index (χ1v) is 8.22. The van der Waals surface area contributed by atoms with E-state index >= 15 is 0 Å². The number of rotatable bonds is 3. The third-order valence-electron chi connectivity index (χ3n) is 4.79. The maximum atomic E-state index is 11.6. The van der Waals surface area contributed by atoms with Gasteiger partial charge in [-0.1, -0.05) is 24.3 Å². The van der Waals surface area contributed by atoms with Gasteiger partial charge < -0.3 is 10.4 Å². The van der Waals surface area contributed by atoms with Gasteiger partial charge in [-0.2, -0.15) is 5.10 Å². The van der Waals surface area contributed by atoms with Crippen molar-refractivity contribution in [3.8, 4) is 0 Å². The van der Waals surface area contributed by atoms with Crippen molar-refractivity contribution in [3.63, 3.8) is 0 Å². The number of hydrogen-bond acceptors (Lipinski definition) is 5. The average Bonchev–Trinajstić information content (AvgIpc) is 3.06. The summed E-state index contributed by atoms with van der Waals surface area (Å²) in [6, 6.07) is 7.59. The second-order valence-corrected chi connectivity index (χ2v) is 6.48. The van der Waals surface area contributed by atoms with Gasteiger partial charge in [0.15, 0.2) is 5.82 Å². The zero-order valence-electron chi connectivity index (χ0n) is 14.3. The molecule has 0 amide bonds. The summed E-state index contributed by atoms with van der Waals surface area (Å²) in [4.78, 5) is 20.7. The van der Waals surface area contributed by atoms with Gasteiger partial charge in [0.2, 0.25) is 0 Å². The summed E-state index contributed by atoms with van der Waals surface area (Å²) in [6.45, 7) is 3.77. The molecule has 7 heteroatoms. The first-order valence-electron chi connectivity index (χ1n) is 8.22. The van der Waals surface area contributed by atoms with Crippen molar-refractivity contribution >= 4 is 22.8 Å². The van der Waals surface area contributed by atoms with Crippen molar-refractivity contribution in [1.82, 2.24) is 19.7 Å². The molecule has 2 heterocycles. The van der Waals surface area contributed by atoms with E-state index in [-0.39, 0.29) is 6.04 Å². The van der Waals surface area contributed by atoms with E-state index in [1.807, 2.05) is 45.2 Å². The number of nitrogens with one attached hydrogen (secondary N) is 1. The molecule has 7 nitrogen and oxygen atoms in total. The fourth-order valence-electron chi connectivity index (χ4n) is 3.72. The van der Waals surface area contributed by atoms with Crippen LogP contribution in [0.15, 0.2) is 24.3 Å². The molecular formula is C18H19N5O2. The van der Waals surface area contributed by atoms with E-state index in [1.165, 1.54) is 0 Å². The second-order valence-electron chi connectivity index (χ2n) is 6.48. The summed E-state index contributed by atoms with van der Waals surface area (Å²) in [6.07, 6.45) is 0.496. The minimum absolute atomic E-state index is 0.106. The van der Waals surface area contributed by atoms with Gasteiger partial charge in [0.05, 0.1) is 17.7 Å². The molecule has 2 unspecified atom stereocenters. The van der Waals surface area contributed by atoms with E-state index in [9.17, 15) is 9.90 Å². The predicted molar refractivity (Wildman–Crippen MR) is 93.6 cm³/mol. The van der Waals surface area contributed by atoms with Gasteiger partial charge in [0.25, 0.3) is 0 Å². The maximum Gasteiger partial charge on any atom is 0.311 e. The van der Waals surface area contributed by atoms with Crippen LogP contribution >= 0.6 is 0 Å². The fraction of sp³-hybridized carbons (Fsp3) is 0.333. The Kier molecular flexibility index (Phi) is 3.45. The molecule has 25 heavy (non-hydrogen) atoms. The highest BCUT2D eigenvalue weighted by Gasteiger charge is 2.35. The molecule has 0 saturated carbocycles. The Bertz CT molecular complexity index is 995. The molecule has 0 bridgehead atoms. The van der Waals surface area contributed by atoms with Gasteiger partial charge >= 0.3 is 5.97 Å². The molecule has 2 aromatic heterocycles. The number of hydrogen-bond donors (Lipinski definition) is 2. The van der Waals surface area contributed by atoms with Crippen LogP contribution in [0.1, 0.15) is 41.0 Å². The van der Waals surface area contributed by atoms with Gasteiger partial charge in [0, 0.05) is 7.05 Å². The van der Waals surface area contributed by atoms with Crippen LogP contribution < -0.4 is 5.32 Å². The zero-order chi connectivity index (χ0) is 17.7. The largest absolute Gasteiger partial charge is 0.481 e. The Morgan fingerprint density at radius 2 is 1.96 bits per heavy atom. The summed E-state index contributed by atoms with van der Waals surface area (Å²) in [5.74, 6) is 0.0566. The third kappa shape index (κ3) is 2.43. The lowest BCUT2D eigenvalue weighted by Crippen LogP contribution is -2.13. The molecule has 0 aliphatic heterocycles. The first kappa shape index (κ1) is 15.6. The SMILES string of the molecule is Cc1nc(NC2CC(C(=O)O)c3ccccc32)c2c(n1)c(C)nn2C. The highest BCUT2D eigenvalue weighted by molar-refractivity contribution is 5.88. The molecule has 1 aliphatic carbocycles. The molecule has 0 saturated heterocycles. The molecule has 128 valence electrons. The number of benzene rings is 1. The lowest BCUT2D eigenvalue weighted by atomic mass is 10.0. The monoisotopic (exact) mass is 337 g/mol. The zero-order valence-corrected chi connectivity index (χ0v) is 14.3. The Balaban J connectivity index is 1.79. The minimum Gasteiger partial charge on any atom is -0.481 e. The molecule has 2 atom stereocenters. The molecule has 1 aromatic carbocycles. The lowest BCUT2D eigenvalue weighted by molar-refractivity contribution is -0.138. The number of aliphatic carboxylic acids is 1. The number of carboxylic acid groups (broad SMARTS) is 1.